The molecule has 0 aromatic heterocycles. The summed E-state index contributed by atoms with van der Waals surface area (Å²) < 4.78 is 5.32. The van der Waals surface area contributed by atoms with Crippen LogP contribution in [0.2, 0.25) is 0 Å². The van der Waals surface area contributed by atoms with E-state index in [1.54, 1.807) is 4.90 Å². The molecular formula is C27H37NO3. The number of anilines is 2. The highest BCUT2D eigenvalue weighted by Crippen LogP contribution is 2.27. The number of nitrogens with zero attached hydrogens (tertiary/aromatic N) is 1. The molecule has 0 saturated heterocycles. The van der Waals surface area contributed by atoms with E-state index < -0.39 is 0 Å². The summed E-state index contributed by atoms with van der Waals surface area (Å²) in [5.41, 5.74) is 3.97. The molecule has 0 saturated carbocycles. The Hall–Kier alpha value is -2.62. The highest BCUT2D eigenvalue weighted by Gasteiger charge is 2.18. The average Bonchev–Trinajstić information content (AvgIpc) is 2.76. The maximum atomic E-state index is 13.1. The van der Waals surface area contributed by atoms with Crippen LogP contribution in [0.25, 0.3) is 0 Å². The second-order valence-corrected chi connectivity index (χ2v) is 8.24. The number of carbonyl (C=O) groups is 2. The second-order valence-electron chi connectivity index (χ2n) is 8.24. The summed E-state index contributed by atoms with van der Waals surface area (Å²) in [6, 6.07) is 15.9. The van der Waals surface area contributed by atoms with Crippen molar-refractivity contribution in [1.29, 1.82) is 0 Å². The van der Waals surface area contributed by atoms with Crippen molar-refractivity contribution < 1.29 is 14.3 Å². The molecule has 2 rings (SSSR count). The summed E-state index contributed by atoms with van der Waals surface area (Å²) in [5, 5.41) is 0. The molecule has 0 unspecified atom stereocenters. The van der Waals surface area contributed by atoms with Crippen molar-refractivity contribution in [2.24, 2.45) is 0 Å². The number of hydrogen-bond donors (Lipinski definition) is 0. The van der Waals surface area contributed by atoms with Gasteiger partial charge in [0.25, 0.3) is 0 Å². The predicted octanol–water partition coefficient (Wildman–Crippen LogP) is 7.04. The molecule has 4 heteroatoms. The number of esters is 1. The lowest BCUT2D eigenvalue weighted by atomic mass is 10.1. The number of carbonyl (C=O) groups excluding carboxylic acids is 2. The van der Waals surface area contributed by atoms with Crippen LogP contribution >= 0.6 is 0 Å². The molecule has 0 atom stereocenters. The first kappa shape index (κ1) is 24.6. The molecule has 2 aromatic rings. The molecule has 168 valence electrons. The summed E-state index contributed by atoms with van der Waals surface area (Å²) in [5.74, 6) is -0.227. The fourth-order valence-electron chi connectivity index (χ4n) is 3.46. The van der Waals surface area contributed by atoms with Crippen molar-refractivity contribution in [3.63, 3.8) is 0 Å². The van der Waals surface area contributed by atoms with E-state index in [1.807, 2.05) is 62.4 Å². The van der Waals surface area contributed by atoms with Gasteiger partial charge in [0.05, 0.1) is 6.61 Å². The van der Waals surface area contributed by atoms with Gasteiger partial charge in [0, 0.05) is 24.2 Å². The normalized spacial score (nSPS) is 10.7. The summed E-state index contributed by atoms with van der Waals surface area (Å²) >= 11 is 0. The Balaban J connectivity index is 1.83. The largest absolute Gasteiger partial charge is 0.466 e. The lowest BCUT2D eigenvalue weighted by molar-refractivity contribution is -0.143. The van der Waals surface area contributed by atoms with Crippen LogP contribution in [0, 0.1) is 13.8 Å². The van der Waals surface area contributed by atoms with Crippen LogP contribution in [0.5, 0.6) is 0 Å². The molecule has 2 aromatic carbocycles. The van der Waals surface area contributed by atoms with Gasteiger partial charge >= 0.3 is 5.97 Å². The molecule has 0 aliphatic heterocycles. The zero-order valence-corrected chi connectivity index (χ0v) is 19.4. The fourth-order valence-corrected chi connectivity index (χ4v) is 3.46. The molecule has 0 heterocycles. The summed E-state index contributed by atoms with van der Waals surface area (Å²) in [4.78, 5) is 26.8. The van der Waals surface area contributed by atoms with Crippen LogP contribution in [0.3, 0.4) is 0 Å². The van der Waals surface area contributed by atoms with Gasteiger partial charge in [0.1, 0.15) is 0 Å². The number of unbranched alkanes of at least 4 members (excludes halogenated alkanes) is 5. The van der Waals surface area contributed by atoms with Crippen LogP contribution < -0.4 is 4.90 Å². The molecule has 0 spiro atoms. The standard InChI is InChI=1S/C27H37NO3/c1-4-5-6-7-8-9-21-31-27(30)12-10-11-26(29)28(24-17-13-22(2)14-18-24)25-19-15-23(3)16-20-25/h13-20H,4-12,21H2,1-3H3. The van der Waals surface area contributed by atoms with Crippen LogP contribution in [-0.2, 0) is 14.3 Å². The van der Waals surface area contributed by atoms with Gasteiger partial charge in [-0.3, -0.25) is 14.5 Å². The molecule has 0 bridgehead atoms. The van der Waals surface area contributed by atoms with Crippen molar-refractivity contribution in [3.8, 4) is 0 Å². The van der Waals surface area contributed by atoms with E-state index in [9.17, 15) is 9.59 Å². The zero-order valence-electron chi connectivity index (χ0n) is 19.4. The van der Waals surface area contributed by atoms with E-state index in [1.165, 1.54) is 25.7 Å². The molecule has 0 aliphatic carbocycles. The second kappa shape index (κ2) is 13.6. The van der Waals surface area contributed by atoms with Gasteiger partial charge in [0.2, 0.25) is 5.91 Å². The topological polar surface area (TPSA) is 46.6 Å². The van der Waals surface area contributed by atoms with Gasteiger partial charge in [-0.2, -0.15) is 0 Å². The lowest BCUT2D eigenvalue weighted by Crippen LogP contribution is -2.25. The minimum Gasteiger partial charge on any atom is -0.466 e. The maximum Gasteiger partial charge on any atom is 0.305 e. The third kappa shape index (κ3) is 8.95. The molecule has 0 fully saturated rings. The van der Waals surface area contributed by atoms with E-state index in [0.717, 1.165) is 35.3 Å². The summed E-state index contributed by atoms with van der Waals surface area (Å²) in [6.45, 7) is 6.74. The third-order valence-electron chi connectivity index (χ3n) is 5.37. The van der Waals surface area contributed by atoms with E-state index >= 15 is 0 Å². The predicted molar refractivity (Wildman–Crippen MR) is 128 cm³/mol. The lowest BCUT2D eigenvalue weighted by Gasteiger charge is -2.23. The number of hydrogen-bond acceptors (Lipinski definition) is 3. The molecule has 0 radical (unpaired) electrons. The number of benzene rings is 2. The molecule has 4 nitrogen and oxygen atoms in total. The first-order valence-corrected chi connectivity index (χ1v) is 11.6. The minimum atomic E-state index is -0.210. The van der Waals surface area contributed by atoms with Gasteiger partial charge in [-0.05, 0) is 51.0 Å². The Kier molecular flexibility index (Phi) is 10.8. The Morgan fingerprint density at radius 2 is 1.23 bits per heavy atom. The van der Waals surface area contributed by atoms with Gasteiger partial charge < -0.3 is 4.74 Å². The fraction of sp³-hybridized carbons (Fsp3) is 0.481. The van der Waals surface area contributed by atoms with E-state index in [-0.39, 0.29) is 18.3 Å². The molecule has 31 heavy (non-hydrogen) atoms. The van der Waals surface area contributed by atoms with Gasteiger partial charge in [-0.15, -0.1) is 0 Å². The zero-order chi connectivity index (χ0) is 22.5. The van der Waals surface area contributed by atoms with E-state index in [2.05, 4.69) is 6.92 Å². The molecule has 0 N–H and O–H groups in total. The molecular weight excluding hydrogens is 386 g/mol. The van der Waals surface area contributed by atoms with Crippen molar-refractivity contribution in [2.45, 2.75) is 78.6 Å². The molecule has 0 aliphatic rings. The highest BCUT2D eigenvalue weighted by atomic mass is 16.5. The smallest absolute Gasteiger partial charge is 0.305 e. The monoisotopic (exact) mass is 423 g/mol. The first-order valence-electron chi connectivity index (χ1n) is 11.6. The SMILES string of the molecule is CCCCCCCCOC(=O)CCCC(=O)N(c1ccc(C)cc1)c1ccc(C)cc1. The number of rotatable bonds is 13. The van der Waals surface area contributed by atoms with Crippen molar-refractivity contribution >= 4 is 23.3 Å². The number of aryl methyl sites for hydroxylation is 2. The van der Waals surface area contributed by atoms with Crippen LogP contribution in [-0.4, -0.2) is 18.5 Å². The molecule has 1 amide bonds. The van der Waals surface area contributed by atoms with Gasteiger partial charge in [0.15, 0.2) is 0 Å². The first-order chi connectivity index (χ1) is 15.0. The van der Waals surface area contributed by atoms with Crippen molar-refractivity contribution in [3.05, 3.63) is 59.7 Å². The van der Waals surface area contributed by atoms with Crippen LogP contribution in [0.1, 0.15) is 75.8 Å². The Morgan fingerprint density at radius 1 is 0.710 bits per heavy atom. The Morgan fingerprint density at radius 3 is 1.77 bits per heavy atom. The number of amides is 1. The summed E-state index contributed by atoms with van der Waals surface area (Å²) in [7, 11) is 0. The third-order valence-corrected chi connectivity index (χ3v) is 5.37. The minimum absolute atomic E-state index is 0.0172. The van der Waals surface area contributed by atoms with Crippen LogP contribution in [0.4, 0.5) is 11.4 Å². The van der Waals surface area contributed by atoms with Crippen molar-refractivity contribution in [2.75, 3.05) is 11.5 Å². The van der Waals surface area contributed by atoms with E-state index in [0.29, 0.717) is 19.4 Å². The highest BCUT2D eigenvalue weighted by molar-refractivity contribution is 6.00. The average molecular weight is 424 g/mol. The van der Waals surface area contributed by atoms with E-state index in [4.69, 9.17) is 4.74 Å². The maximum absolute atomic E-state index is 13.1. The van der Waals surface area contributed by atoms with Gasteiger partial charge in [-0.1, -0.05) is 74.4 Å². The summed E-state index contributed by atoms with van der Waals surface area (Å²) in [6.07, 6.45) is 8.05. The van der Waals surface area contributed by atoms with Gasteiger partial charge in [-0.25, -0.2) is 0 Å². The number of ether oxygens (including phenoxy) is 1. The van der Waals surface area contributed by atoms with Crippen LogP contribution in [0.15, 0.2) is 48.5 Å². The Labute approximate surface area is 187 Å². The quantitative estimate of drug-likeness (QED) is 0.256. The Bertz CT molecular complexity index is 751. The van der Waals surface area contributed by atoms with Crippen molar-refractivity contribution in [1.82, 2.24) is 0 Å².